The van der Waals surface area contributed by atoms with Gasteiger partial charge >= 0.3 is 0 Å². The van der Waals surface area contributed by atoms with Crippen molar-refractivity contribution in [3.8, 4) is 22.9 Å². The minimum atomic E-state index is 0.459. The monoisotopic (exact) mass is 366 g/mol. The summed E-state index contributed by atoms with van der Waals surface area (Å²) in [6.07, 6.45) is 0. The molecule has 0 unspecified atom stereocenters. The summed E-state index contributed by atoms with van der Waals surface area (Å²) < 4.78 is 5.96. The number of fused-ring (bicyclic) bond motifs is 3. The lowest BCUT2D eigenvalue weighted by molar-refractivity contribution is 0.212. The Hall–Kier alpha value is -3.09. The van der Waals surface area contributed by atoms with Crippen molar-refractivity contribution in [2.75, 3.05) is 19.7 Å². The van der Waals surface area contributed by atoms with Crippen LogP contribution in [0.2, 0.25) is 0 Å². The van der Waals surface area contributed by atoms with Crippen molar-refractivity contribution < 1.29 is 4.74 Å². The Morgan fingerprint density at radius 3 is 2.50 bits per heavy atom. The van der Waals surface area contributed by atoms with Crippen molar-refractivity contribution in [2.24, 2.45) is 5.92 Å². The quantitative estimate of drug-likeness (QED) is 0.666. The zero-order valence-electron chi connectivity index (χ0n) is 15.7. The number of hydrogen-bond donors (Lipinski definition) is 0. The minimum Gasteiger partial charge on any atom is -0.493 e. The molecule has 0 N–H and O–H groups in total. The molecule has 0 radical (unpaired) electrons. The van der Waals surface area contributed by atoms with Gasteiger partial charge in [0.1, 0.15) is 5.75 Å². The maximum atomic E-state index is 9.23. The second-order valence-corrected chi connectivity index (χ2v) is 7.80. The van der Waals surface area contributed by atoms with Crippen LogP contribution in [0.1, 0.15) is 22.6 Å². The molecule has 0 spiro atoms. The smallest absolute Gasteiger partial charge is 0.122 e. The van der Waals surface area contributed by atoms with E-state index in [2.05, 4.69) is 59.5 Å². The van der Waals surface area contributed by atoms with Gasteiger partial charge in [-0.05, 0) is 34.9 Å². The standard InChI is InChI=1S/C25H22N2O/c26-13-19-8-11-25-23(12-19)24-16-27(15-22(24)17-28-25)14-18-6-9-21(10-7-18)20-4-2-1-3-5-20/h1-12,22,24H,14-17H2/t22-,24+/m1/s1. The molecule has 0 saturated carbocycles. The predicted octanol–water partition coefficient (Wildman–Crippen LogP) is 4.83. The van der Waals surface area contributed by atoms with Gasteiger partial charge in [0, 0.05) is 37.0 Å². The maximum absolute atomic E-state index is 9.23. The molecular weight excluding hydrogens is 344 g/mol. The minimum absolute atomic E-state index is 0.459. The Morgan fingerprint density at radius 2 is 1.71 bits per heavy atom. The average molecular weight is 366 g/mol. The number of hydrogen-bond acceptors (Lipinski definition) is 3. The first-order valence-electron chi connectivity index (χ1n) is 9.84. The molecule has 2 atom stereocenters. The SMILES string of the molecule is N#Cc1ccc2c(c1)[C@H]1CN(Cc3ccc(-c4ccccc4)cc3)C[C@@H]1CO2. The van der Waals surface area contributed by atoms with Gasteiger partial charge in [0.05, 0.1) is 18.2 Å². The third-order valence-corrected chi connectivity index (χ3v) is 5.98. The van der Waals surface area contributed by atoms with Crippen LogP contribution in [0.3, 0.4) is 0 Å². The van der Waals surface area contributed by atoms with Gasteiger partial charge in [0.2, 0.25) is 0 Å². The van der Waals surface area contributed by atoms with Crippen LogP contribution in [0.5, 0.6) is 5.75 Å². The van der Waals surface area contributed by atoms with Gasteiger partial charge in [0.25, 0.3) is 0 Å². The van der Waals surface area contributed by atoms with E-state index in [1.165, 1.54) is 22.3 Å². The van der Waals surface area contributed by atoms with E-state index >= 15 is 0 Å². The van der Waals surface area contributed by atoms with Crippen molar-refractivity contribution in [3.63, 3.8) is 0 Å². The lowest BCUT2D eigenvalue weighted by Gasteiger charge is -2.27. The Kier molecular flexibility index (Phi) is 4.35. The second-order valence-electron chi connectivity index (χ2n) is 7.80. The molecule has 5 rings (SSSR count). The number of nitrogens with zero attached hydrogens (tertiary/aromatic N) is 2. The summed E-state index contributed by atoms with van der Waals surface area (Å²) in [4.78, 5) is 2.52. The van der Waals surface area contributed by atoms with Crippen LogP contribution in [0, 0.1) is 17.2 Å². The number of likely N-dealkylation sites (tertiary alicyclic amines) is 1. The second kappa shape index (κ2) is 7.14. The average Bonchev–Trinajstić information content (AvgIpc) is 3.17. The highest BCUT2D eigenvalue weighted by Gasteiger charge is 2.38. The van der Waals surface area contributed by atoms with E-state index in [4.69, 9.17) is 4.74 Å². The molecule has 1 saturated heterocycles. The number of ether oxygens (including phenoxy) is 1. The summed E-state index contributed by atoms with van der Waals surface area (Å²) in [5.74, 6) is 1.92. The van der Waals surface area contributed by atoms with Crippen LogP contribution in [-0.2, 0) is 6.54 Å². The third-order valence-electron chi connectivity index (χ3n) is 5.98. The molecule has 2 aliphatic heterocycles. The van der Waals surface area contributed by atoms with E-state index in [0.717, 1.165) is 37.6 Å². The zero-order chi connectivity index (χ0) is 18.9. The van der Waals surface area contributed by atoms with Gasteiger partial charge < -0.3 is 4.74 Å². The largest absolute Gasteiger partial charge is 0.493 e. The fourth-order valence-electron chi connectivity index (χ4n) is 4.54. The summed E-state index contributed by atoms with van der Waals surface area (Å²) >= 11 is 0. The van der Waals surface area contributed by atoms with Gasteiger partial charge in [-0.15, -0.1) is 0 Å². The van der Waals surface area contributed by atoms with E-state index in [0.29, 0.717) is 11.8 Å². The molecule has 3 heteroatoms. The predicted molar refractivity (Wildman–Crippen MR) is 110 cm³/mol. The van der Waals surface area contributed by atoms with Gasteiger partial charge in [-0.2, -0.15) is 5.26 Å². The lowest BCUT2D eigenvalue weighted by Crippen LogP contribution is -2.25. The topological polar surface area (TPSA) is 36.3 Å². The first-order valence-corrected chi connectivity index (χ1v) is 9.84. The number of nitriles is 1. The Bertz CT molecular complexity index is 1020. The highest BCUT2D eigenvalue weighted by atomic mass is 16.5. The van der Waals surface area contributed by atoms with Crippen molar-refractivity contribution in [1.82, 2.24) is 4.90 Å². The molecule has 1 fully saturated rings. The van der Waals surface area contributed by atoms with Gasteiger partial charge in [0.15, 0.2) is 0 Å². The van der Waals surface area contributed by atoms with Crippen LogP contribution in [-0.4, -0.2) is 24.6 Å². The first kappa shape index (κ1) is 17.0. The summed E-state index contributed by atoms with van der Waals surface area (Å²) in [6, 6.07) is 27.5. The van der Waals surface area contributed by atoms with Crippen molar-refractivity contribution >= 4 is 0 Å². The third kappa shape index (κ3) is 3.17. The molecule has 28 heavy (non-hydrogen) atoms. The van der Waals surface area contributed by atoms with Crippen LogP contribution in [0.15, 0.2) is 72.8 Å². The van der Waals surface area contributed by atoms with Gasteiger partial charge in [-0.3, -0.25) is 4.90 Å². The van der Waals surface area contributed by atoms with Crippen LogP contribution < -0.4 is 4.74 Å². The first-order chi connectivity index (χ1) is 13.8. The molecule has 0 aromatic heterocycles. The van der Waals surface area contributed by atoms with Crippen LogP contribution in [0.25, 0.3) is 11.1 Å². The fourth-order valence-corrected chi connectivity index (χ4v) is 4.54. The number of rotatable bonds is 3. The molecule has 0 aliphatic carbocycles. The maximum Gasteiger partial charge on any atom is 0.122 e. The van der Waals surface area contributed by atoms with E-state index in [9.17, 15) is 5.26 Å². The molecule has 2 heterocycles. The normalized spacial score (nSPS) is 20.7. The van der Waals surface area contributed by atoms with Crippen LogP contribution in [0.4, 0.5) is 0 Å². The molecule has 2 aliphatic rings. The van der Waals surface area contributed by atoms with Crippen molar-refractivity contribution in [3.05, 3.63) is 89.5 Å². The van der Waals surface area contributed by atoms with E-state index in [1.807, 2.05) is 24.3 Å². The van der Waals surface area contributed by atoms with Crippen molar-refractivity contribution in [1.29, 1.82) is 5.26 Å². The van der Waals surface area contributed by atoms with E-state index in [1.54, 1.807) is 0 Å². The summed E-state index contributed by atoms with van der Waals surface area (Å²) in [7, 11) is 0. The molecule has 0 amide bonds. The molecule has 3 aromatic carbocycles. The molecule has 138 valence electrons. The van der Waals surface area contributed by atoms with Gasteiger partial charge in [-0.25, -0.2) is 0 Å². The van der Waals surface area contributed by atoms with E-state index in [-0.39, 0.29) is 0 Å². The molecule has 3 aromatic rings. The van der Waals surface area contributed by atoms with Gasteiger partial charge in [-0.1, -0.05) is 54.6 Å². The summed E-state index contributed by atoms with van der Waals surface area (Å²) in [6.45, 7) is 3.79. The summed E-state index contributed by atoms with van der Waals surface area (Å²) in [5, 5.41) is 9.23. The van der Waals surface area contributed by atoms with E-state index < -0.39 is 0 Å². The Morgan fingerprint density at radius 1 is 0.929 bits per heavy atom. The fraction of sp³-hybridized carbons (Fsp3) is 0.240. The molecule has 0 bridgehead atoms. The van der Waals surface area contributed by atoms with Crippen LogP contribution >= 0.6 is 0 Å². The molecular formula is C25H22N2O. The Balaban J connectivity index is 1.31. The zero-order valence-corrected chi connectivity index (χ0v) is 15.7. The van der Waals surface area contributed by atoms with Crippen molar-refractivity contribution in [2.45, 2.75) is 12.5 Å². The molecule has 3 nitrogen and oxygen atoms in total. The lowest BCUT2D eigenvalue weighted by atomic mass is 9.86. The summed E-state index contributed by atoms with van der Waals surface area (Å²) in [5.41, 5.74) is 5.77. The number of benzene rings is 3. The Labute approximate surface area is 165 Å². The highest BCUT2D eigenvalue weighted by molar-refractivity contribution is 5.63. The highest BCUT2D eigenvalue weighted by Crippen LogP contribution is 2.42.